The van der Waals surface area contributed by atoms with E-state index in [1.54, 1.807) is 6.20 Å². The quantitative estimate of drug-likeness (QED) is 0.140. The van der Waals surface area contributed by atoms with Gasteiger partial charge in [0.15, 0.2) is 5.82 Å². The Morgan fingerprint density at radius 1 is 0.936 bits per heavy atom. The predicted molar refractivity (Wildman–Crippen MR) is 182 cm³/mol. The maximum atomic E-state index is 14.8. The van der Waals surface area contributed by atoms with E-state index >= 15 is 0 Å². The van der Waals surface area contributed by atoms with Gasteiger partial charge < -0.3 is 15.0 Å². The largest absolute Gasteiger partial charge is 0.492 e. The summed E-state index contributed by atoms with van der Waals surface area (Å²) in [5.41, 5.74) is 7.53. The van der Waals surface area contributed by atoms with Gasteiger partial charge in [-0.05, 0) is 92.7 Å². The van der Waals surface area contributed by atoms with Crippen LogP contribution in [-0.2, 0) is 6.54 Å². The molecule has 1 saturated carbocycles. The van der Waals surface area contributed by atoms with Gasteiger partial charge in [-0.3, -0.25) is 20.0 Å². The Morgan fingerprint density at radius 3 is 2.72 bits per heavy atom. The number of H-pyrrole nitrogens is 2. The Morgan fingerprint density at radius 2 is 1.83 bits per heavy atom. The molecule has 8 rings (SSSR count). The summed E-state index contributed by atoms with van der Waals surface area (Å²) in [4.78, 5) is 20.0. The number of ether oxygens (including phenoxy) is 1. The van der Waals surface area contributed by atoms with E-state index in [0.29, 0.717) is 29.4 Å². The first-order valence-corrected chi connectivity index (χ1v) is 16.8. The van der Waals surface area contributed by atoms with E-state index in [9.17, 15) is 4.39 Å². The molecule has 9 nitrogen and oxygen atoms in total. The van der Waals surface area contributed by atoms with Crippen molar-refractivity contribution in [2.45, 2.75) is 45.1 Å². The van der Waals surface area contributed by atoms with Crippen LogP contribution in [0.1, 0.15) is 44.1 Å². The number of nitrogens with zero attached hydrogens (tertiary/aromatic N) is 5. The Balaban J connectivity index is 1.05. The number of pyridine rings is 2. The number of hydrogen-bond donors (Lipinski definition) is 3. The average Bonchev–Trinajstić information content (AvgIpc) is 3.91. The lowest BCUT2D eigenvalue weighted by Crippen LogP contribution is -2.25. The van der Waals surface area contributed by atoms with Crippen molar-refractivity contribution in [1.82, 2.24) is 40.3 Å². The standard InChI is InChI=1S/C37H39FN8O/c38-28-15-26(16-29(17-28)47-13-12-46-10-3-4-11-46)30-8-5-9-32-35(30)43-37(42-32)36-31-18-33(41-23-34(31)44-45-36)27-14-25(21-40-22-27)20-39-19-24-6-1-2-7-24/h5,8-9,14-18,21-24,39H,1-4,6-7,10-13,19-20H2,(H,42,43)(H,44,45). The summed E-state index contributed by atoms with van der Waals surface area (Å²) in [7, 11) is 0. The first-order valence-electron chi connectivity index (χ1n) is 16.8. The molecule has 5 heterocycles. The third kappa shape index (κ3) is 6.48. The van der Waals surface area contributed by atoms with E-state index in [2.05, 4.69) is 36.4 Å². The molecule has 2 aromatic carbocycles. The van der Waals surface area contributed by atoms with Crippen LogP contribution >= 0.6 is 0 Å². The number of hydrogen-bond acceptors (Lipinski definition) is 7. The van der Waals surface area contributed by atoms with Crippen molar-refractivity contribution in [1.29, 1.82) is 0 Å². The molecule has 240 valence electrons. The van der Waals surface area contributed by atoms with Crippen molar-refractivity contribution >= 4 is 21.9 Å². The Labute approximate surface area is 273 Å². The van der Waals surface area contributed by atoms with Crippen molar-refractivity contribution in [3.05, 3.63) is 78.5 Å². The van der Waals surface area contributed by atoms with E-state index in [1.807, 2.05) is 42.7 Å². The fraction of sp³-hybridized carbons (Fsp3) is 0.351. The van der Waals surface area contributed by atoms with Crippen LogP contribution in [0.5, 0.6) is 5.75 Å². The minimum absolute atomic E-state index is 0.340. The number of aromatic nitrogens is 6. The summed E-state index contributed by atoms with van der Waals surface area (Å²) >= 11 is 0. The maximum Gasteiger partial charge on any atom is 0.159 e. The molecule has 0 unspecified atom stereocenters. The Bertz CT molecular complexity index is 2010. The smallest absolute Gasteiger partial charge is 0.159 e. The molecular weight excluding hydrogens is 591 g/mol. The number of benzene rings is 2. The summed E-state index contributed by atoms with van der Waals surface area (Å²) in [6.07, 6.45) is 13.4. The topological polar surface area (TPSA) is 108 Å². The molecule has 0 bridgehead atoms. The first-order chi connectivity index (χ1) is 23.2. The number of aromatic amines is 2. The molecule has 0 radical (unpaired) electrons. The summed E-state index contributed by atoms with van der Waals surface area (Å²) < 4.78 is 20.8. The summed E-state index contributed by atoms with van der Waals surface area (Å²) in [5, 5.41) is 12.2. The van der Waals surface area contributed by atoms with Gasteiger partial charge in [0.1, 0.15) is 23.9 Å². The lowest BCUT2D eigenvalue weighted by Gasteiger charge is -2.15. The lowest BCUT2D eigenvalue weighted by molar-refractivity contribution is 0.237. The molecule has 2 fully saturated rings. The summed E-state index contributed by atoms with van der Waals surface area (Å²) in [5.74, 6) is 1.59. The number of fused-ring (bicyclic) bond motifs is 2. The van der Waals surface area contributed by atoms with Gasteiger partial charge in [0, 0.05) is 48.1 Å². The minimum Gasteiger partial charge on any atom is -0.492 e. The number of likely N-dealkylation sites (tertiary alicyclic amines) is 1. The molecule has 1 aliphatic carbocycles. The first kappa shape index (κ1) is 29.7. The van der Waals surface area contributed by atoms with Gasteiger partial charge in [0.2, 0.25) is 0 Å². The van der Waals surface area contributed by atoms with Gasteiger partial charge >= 0.3 is 0 Å². The number of halogens is 1. The molecule has 0 amide bonds. The predicted octanol–water partition coefficient (Wildman–Crippen LogP) is 7.12. The highest BCUT2D eigenvalue weighted by Gasteiger charge is 2.18. The average molecular weight is 631 g/mol. The molecule has 2 aliphatic rings. The van der Waals surface area contributed by atoms with E-state index in [0.717, 1.165) is 83.0 Å². The molecular formula is C37H39FN8O. The van der Waals surface area contributed by atoms with Crippen molar-refractivity contribution < 1.29 is 9.13 Å². The van der Waals surface area contributed by atoms with Crippen LogP contribution in [0.4, 0.5) is 4.39 Å². The Kier molecular flexibility index (Phi) is 8.35. The molecule has 1 saturated heterocycles. The van der Waals surface area contributed by atoms with Gasteiger partial charge in [-0.1, -0.05) is 25.0 Å². The third-order valence-electron chi connectivity index (χ3n) is 9.57. The van der Waals surface area contributed by atoms with Crippen molar-refractivity contribution in [2.75, 3.05) is 32.8 Å². The molecule has 10 heteroatoms. The number of rotatable bonds is 11. The summed E-state index contributed by atoms with van der Waals surface area (Å²) in [6, 6.07) is 14.9. The van der Waals surface area contributed by atoms with Crippen LogP contribution in [0.2, 0.25) is 0 Å². The van der Waals surface area contributed by atoms with Crippen LogP contribution in [0.15, 0.2) is 67.1 Å². The van der Waals surface area contributed by atoms with Crippen molar-refractivity contribution in [3.8, 4) is 39.7 Å². The van der Waals surface area contributed by atoms with Crippen LogP contribution in [0, 0.1) is 11.7 Å². The van der Waals surface area contributed by atoms with Crippen LogP contribution < -0.4 is 10.1 Å². The van der Waals surface area contributed by atoms with Crippen LogP contribution in [0.25, 0.3) is 55.8 Å². The SMILES string of the molecule is Fc1cc(OCCN2CCCC2)cc(-c2cccc3[nH]c(-c4n[nH]c5cnc(-c6cncc(CNCC7CCCC7)c6)cc45)nc23)c1. The fourth-order valence-electron chi connectivity index (χ4n) is 7.09. The minimum atomic E-state index is -0.340. The van der Waals surface area contributed by atoms with Crippen LogP contribution in [0.3, 0.4) is 0 Å². The zero-order valence-corrected chi connectivity index (χ0v) is 26.4. The van der Waals surface area contributed by atoms with E-state index in [-0.39, 0.29) is 5.82 Å². The van der Waals surface area contributed by atoms with Gasteiger partial charge in [-0.15, -0.1) is 0 Å². The Hall–Kier alpha value is -4.67. The highest BCUT2D eigenvalue weighted by Crippen LogP contribution is 2.34. The summed E-state index contributed by atoms with van der Waals surface area (Å²) in [6.45, 7) is 5.42. The number of nitrogens with one attached hydrogen (secondary N) is 3. The molecule has 0 atom stereocenters. The normalized spacial score (nSPS) is 15.8. The monoisotopic (exact) mass is 630 g/mol. The molecule has 6 aromatic rings. The molecule has 0 spiro atoms. The van der Waals surface area contributed by atoms with Gasteiger partial charge in [0.05, 0.1) is 28.4 Å². The maximum absolute atomic E-state index is 14.8. The molecule has 47 heavy (non-hydrogen) atoms. The van der Waals surface area contributed by atoms with E-state index in [1.165, 1.54) is 50.7 Å². The second-order valence-corrected chi connectivity index (χ2v) is 12.9. The third-order valence-corrected chi connectivity index (χ3v) is 9.57. The zero-order chi connectivity index (χ0) is 31.6. The second kappa shape index (κ2) is 13.2. The zero-order valence-electron chi connectivity index (χ0n) is 26.4. The highest BCUT2D eigenvalue weighted by molar-refractivity contribution is 5.97. The highest BCUT2D eigenvalue weighted by atomic mass is 19.1. The van der Waals surface area contributed by atoms with Crippen molar-refractivity contribution in [3.63, 3.8) is 0 Å². The van der Waals surface area contributed by atoms with Gasteiger partial charge in [-0.2, -0.15) is 5.10 Å². The van der Waals surface area contributed by atoms with Crippen LogP contribution in [-0.4, -0.2) is 67.8 Å². The number of para-hydroxylation sites is 1. The van der Waals surface area contributed by atoms with Crippen molar-refractivity contribution in [2.24, 2.45) is 5.92 Å². The van der Waals surface area contributed by atoms with Gasteiger partial charge in [0.25, 0.3) is 0 Å². The molecule has 3 N–H and O–H groups in total. The fourth-order valence-corrected chi connectivity index (χ4v) is 7.09. The van der Waals surface area contributed by atoms with E-state index < -0.39 is 0 Å². The second-order valence-electron chi connectivity index (χ2n) is 12.9. The van der Waals surface area contributed by atoms with E-state index in [4.69, 9.17) is 14.7 Å². The molecule has 4 aromatic heterocycles. The number of imidazole rings is 1. The van der Waals surface area contributed by atoms with Gasteiger partial charge in [-0.25, -0.2) is 9.37 Å². The lowest BCUT2D eigenvalue weighted by atomic mass is 10.0. The molecule has 1 aliphatic heterocycles.